The number of thiophene rings is 1. The number of benzene rings is 1. The minimum Gasteiger partial charge on any atom is -0.489 e. The second kappa shape index (κ2) is 9.03. The first-order valence-electron chi connectivity index (χ1n) is 8.54. The fourth-order valence-corrected chi connectivity index (χ4v) is 3.72. The van der Waals surface area contributed by atoms with Gasteiger partial charge in [-0.2, -0.15) is 0 Å². The van der Waals surface area contributed by atoms with Crippen LogP contribution in [0.2, 0.25) is 0 Å². The molecule has 9 heteroatoms. The number of amides is 1. The van der Waals surface area contributed by atoms with Crippen LogP contribution in [0.15, 0.2) is 47.2 Å². The third kappa shape index (κ3) is 4.99. The Labute approximate surface area is 175 Å². The average Bonchev–Trinajstić information content (AvgIpc) is 3.05. The highest BCUT2D eigenvalue weighted by molar-refractivity contribution is 9.10. The van der Waals surface area contributed by atoms with E-state index in [9.17, 15) is 4.79 Å². The lowest BCUT2D eigenvalue weighted by molar-refractivity contribution is 0.209. The molecule has 2 heterocycles. The molecule has 7 nitrogen and oxygen atoms in total. The molecule has 1 unspecified atom stereocenters. The maximum Gasteiger partial charge on any atom is 0.410 e. The van der Waals surface area contributed by atoms with Crippen molar-refractivity contribution < 1.29 is 14.3 Å². The van der Waals surface area contributed by atoms with Crippen molar-refractivity contribution in [2.75, 3.05) is 11.9 Å². The third-order valence-electron chi connectivity index (χ3n) is 3.81. The molecule has 1 amide bonds. The van der Waals surface area contributed by atoms with Crippen molar-refractivity contribution in [1.29, 1.82) is 0 Å². The molecule has 0 radical (unpaired) electrons. The summed E-state index contributed by atoms with van der Waals surface area (Å²) in [7, 11) is 0. The van der Waals surface area contributed by atoms with Crippen LogP contribution < -0.4 is 20.5 Å². The van der Waals surface area contributed by atoms with Gasteiger partial charge in [0.2, 0.25) is 5.06 Å². The maximum absolute atomic E-state index is 11.1. The smallest absolute Gasteiger partial charge is 0.410 e. The van der Waals surface area contributed by atoms with Crippen molar-refractivity contribution in [3.05, 3.63) is 52.8 Å². The molecule has 3 aromatic rings. The molecule has 3 rings (SSSR count). The summed E-state index contributed by atoms with van der Waals surface area (Å²) in [6.45, 7) is 4.34. The topological polar surface area (TPSA) is 99.4 Å². The predicted octanol–water partition coefficient (Wildman–Crippen LogP) is 5.00. The van der Waals surface area contributed by atoms with Gasteiger partial charge in [0.25, 0.3) is 0 Å². The van der Waals surface area contributed by atoms with E-state index in [-0.39, 0.29) is 6.04 Å². The zero-order chi connectivity index (χ0) is 20.1. The van der Waals surface area contributed by atoms with Crippen LogP contribution in [0.3, 0.4) is 0 Å². The molecule has 2 aromatic heterocycles. The zero-order valence-electron chi connectivity index (χ0n) is 15.3. The van der Waals surface area contributed by atoms with Crippen LogP contribution in [0, 0.1) is 0 Å². The Morgan fingerprint density at radius 3 is 2.71 bits per heavy atom. The Bertz CT molecular complexity index is 962. The predicted molar refractivity (Wildman–Crippen MR) is 113 cm³/mol. The van der Waals surface area contributed by atoms with Gasteiger partial charge in [0.05, 0.1) is 17.2 Å². The van der Waals surface area contributed by atoms with Gasteiger partial charge in [0.1, 0.15) is 12.1 Å². The Hall–Kier alpha value is -2.65. The molecule has 146 valence electrons. The molecule has 1 atom stereocenters. The summed E-state index contributed by atoms with van der Waals surface area (Å²) in [5, 5.41) is 3.67. The highest BCUT2D eigenvalue weighted by Gasteiger charge is 2.17. The van der Waals surface area contributed by atoms with Crippen molar-refractivity contribution >= 4 is 39.2 Å². The van der Waals surface area contributed by atoms with Gasteiger partial charge < -0.3 is 20.5 Å². The van der Waals surface area contributed by atoms with E-state index in [0.29, 0.717) is 28.9 Å². The first-order valence-corrected chi connectivity index (χ1v) is 10.2. The van der Waals surface area contributed by atoms with Crippen LogP contribution in [0.4, 0.5) is 10.6 Å². The molecule has 28 heavy (non-hydrogen) atoms. The van der Waals surface area contributed by atoms with Crippen LogP contribution >= 0.6 is 27.3 Å². The monoisotopic (exact) mass is 462 g/mol. The van der Waals surface area contributed by atoms with E-state index in [1.54, 1.807) is 6.07 Å². The van der Waals surface area contributed by atoms with Gasteiger partial charge >= 0.3 is 6.09 Å². The number of aromatic nitrogens is 2. The molecular weight excluding hydrogens is 444 g/mol. The number of ether oxygens (including phenoxy) is 2. The third-order valence-corrected chi connectivity index (χ3v) is 5.36. The van der Waals surface area contributed by atoms with E-state index >= 15 is 0 Å². The molecule has 3 N–H and O–H groups in total. The molecular formula is C19H19BrN4O3S. The number of primary amides is 1. The summed E-state index contributed by atoms with van der Waals surface area (Å²) in [4.78, 5) is 20.5. The number of carbonyl (C=O) groups excluding carboxylic acids is 1. The van der Waals surface area contributed by atoms with Crippen LogP contribution in [0.25, 0.3) is 10.6 Å². The van der Waals surface area contributed by atoms with Crippen LogP contribution in [-0.2, 0) is 0 Å². The molecule has 0 bridgehead atoms. The first kappa shape index (κ1) is 20.1. The molecule has 0 spiro atoms. The van der Waals surface area contributed by atoms with Gasteiger partial charge in [-0.1, -0.05) is 39.4 Å². The highest BCUT2D eigenvalue weighted by Crippen LogP contribution is 2.42. The van der Waals surface area contributed by atoms with E-state index in [2.05, 4.69) is 38.1 Å². The number of nitrogens with one attached hydrogen (secondary N) is 1. The molecule has 0 aliphatic rings. The SMILES string of the molecule is CCOc1cc(-c2cc(NC(C)c3ccc(Br)cc3)ncn2)sc1OC(N)=O. The van der Waals surface area contributed by atoms with Gasteiger partial charge in [0.15, 0.2) is 5.75 Å². The Kier molecular flexibility index (Phi) is 6.48. The molecule has 0 aliphatic heterocycles. The summed E-state index contributed by atoms with van der Waals surface area (Å²) >= 11 is 4.68. The van der Waals surface area contributed by atoms with E-state index < -0.39 is 6.09 Å². The van der Waals surface area contributed by atoms with Crippen molar-refractivity contribution in [3.8, 4) is 21.4 Å². The lowest BCUT2D eigenvalue weighted by Gasteiger charge is -2.15. The molecule has 0 saturated carbocycles. The Balaban J connectivity index is 1.82. The average molecular weight is 463 g/mol. The fraction of sp³-hybridized carbons (Fsp3) is 0.211. The number of anilines is 1. The van der Waals surface area contributed by atoms with Crippen molar-refractivity contribution in [1.82, 2.24) is 9.97 Å². The normalized spacial score (nSPS) is 11.7. The molecule has 1 aromatic carbocycles. The van der Waals surface area contributed by atoms with Gasteiger partial charge in [-0.25, -0.2) is 14.8 Å². The lowest BCUT2D eigenvalue weighted by atomic mass is 10.1. The largest absolute Gasteiger partial charge is 0.489 e. The number of hydrogen-bond donors (Lipinski definition) is 2. The summed E-state index contributed by atoms with van der Waals surface area (Å²) in [5.74, 6) is 1.14. The zero-order valence-corrected chi connectivity index (χ0v) is 17.7. The molecule has 0 fully saturated rings. The quantitative estimate of drug-likeness (QED) is 0.512. The number of rotatable bonds is 7. The summed E-state index contributed by atoms with van der Waals surface area (Å²) in [6.07, 6.45) is 0.600. The number of carbonyl (C=O) groups is 1. The van der Waals surface area contributed by atoms with Crippen LogP contribution in [0.5, 0.6) is 10.8 Å². The van der Waals surface area contributed by atoms with Crippen LogP contribution in [0.1, 0.15) is 25.5 Å². The standard InChI is InChI=1S/C19H19BrN4O3S/c1-3-26-15-9-16(28-18(15)27-19(21)25)14-8-17(23-10-22-14)24-11(2)12-4-6-13(20)7-5-12/h4-11H,3H2,1-2H3,(H2,21,25)(H,22,23,24). The molecule has 0 saturated heterocycles. The lowest BCUT2D eigenvalue weighted by Crippen LogP contribution is -2.15. The van der Waals surface area contributed by atoms with E-state index in [4.69, 9.17) is 15.2 Å². The summed E-state index contributed by atoms with van der Waals surface area (Å²) in [6, 6.07) is 11.8. The maximum atomic E-state index is 11.1. The highest BCUT2D eigenvalue weighted by atomic mass is 79.9. The van der Waals surface area contributed by atoms with E-state index in [1.165, 1.54) is 17.7 Å². The Morgan fingerprint density at radius 2 is 2.04 bits per heavy atom. The van der Waals surface area contributed by atoms with Crippen molar-refractivity contribution in [2.45, 2.75) is 19.9 Å². The Morgan fingerprint density at radius 1 is 1.29 bits per heavy atom. The number of nitrogens with two attached hydrogens (primary N) is 1. The first-order chi connectivity index (χ1) is 13.5. The van der Waals surface area contributed by atoms with Gasteiger partial charge in [-0.05, 0) is 31.5 Å². The van der Waals surface area contributed by atoms with Crippen molar-refractivity contribution in [2.24, 2.45) is 5.73 Å². The number of hydrogen-bond acceptors (Lipinski definition) is 7. The summed E-state index contributed by atoms with van der Waals surface area (Å²) < 4.78 is 11.6. The van der Waals surface area contributed by atoms with Gasteiger partial charge in [-0.15, -0.1) is 0 Å². The van der Waals surface area contributed by atoms with Crippen LogP contribution in [-0.4, -0.2) is 22.7 Å². The molecule has 0 aliphatic carbocycles. The van der Waals surface area contributed by atoms with Gasteiger partial charge in [-0.3, -0.25) is 0 Å². The minimum absolute atomic E-state index is 0.0620. The number of halogens is 1. The number of nitrogens with zero attached hydrogens (tertiary/aromatic N) is 2. The second-order valence-electron chi connectivity index (χ2n) is 5.82. The second-order valence-corrected chi connectivity index (χ2v) is 7.75. The minimum atomic E-state index is -0.886. The summed E-state index contributed by atoms with van der Waals surface area (Å²) in [5.41, 5.74) is 6.95. The van der Waals surface area contributed by atoms with Gasteiger partial charge in [0, 0.05) is 22.6 Å². The van der Waals surface area contributed by atoms with E-state index in [0.717, 1.165) is 14.9 Å². The van der Waals surface area contributed by atoms with E-state index in [1.807, 2.05) is 37.3 Å². The van der Waals surface area contributed by atoms with Crippen molar-refractivity contribution in [3.63, 3.8) is 0 Å². The fourth-order valence-electron chi connectivity index (χ4n) is 2.53.